The Labute approximate surface area is 163 Å². The van der Waals surface area contributed by atoms with Crippen molar-refractivity contribution in [1.29, 1.82) is 0 Å². The van der Waals surface area contributed by atoms with Crippen LogP contribution >= 0.6 is 0 Å². The van der Waals surface area contributed by atoms with Gasteiger partial charge in [-0.05, 0) is 61.4 Å². The SMILES string of the molecule is COc1ccc(C(=O)Nc2ccc(-c3cn4cccc(C)c4n3)cc2)c(C)c1. The molecule has 0 fully saturated rings. The van der Waals surface area contributed by atoms with Gasteiger partial charge in [0.2, 0.25) is 0 Å². The highest BCUT2D eigenvalue weighted by molar-refractivity contribution is 6.05. The molecule has 5 heteroatoms. The fourth-order valence-corrected chi connectivity index (χ4v) is 3.23. The first-order valence-electron chi connectivity index (χ1n) is 9.06. The Hall–Kier alpha value is -3.60. The first kappa shape index (κ1) is 17.8. The number of ether oxygens (including phenoxy) is 1. The second-order valence-electron chi connectivity index (χ2n) is 6.76. The number of nitrogens with one attached hydrogen (secondary N) is 1. The highest BCUT2D eigenvalue weighted by atomic mass is 16.5. The molecule has 0 bridgehead atoms. The zero-order valence-electron chi connectivity index (χ0n) is 16.1. The summed E-state index contributed by atoms with van der Waals surface area (Å²) in [5, 5.41) is 2.95. The van der Waals surface area contributed by atoms with Gasteiger partial charge in [0.15, 0.2) is 0 Å². The van der Waals surface area contributed by atoms with Crippen molar-refractivity contribution >= 4 is 17.2 Å². The number of carbonyl (C=O) groups excluding carboxylic acids is 1. The number of hydrogen-bond donors (Lipinski definition) is 1. The largest absolute Gasteiger partial charge is 0.497 e. The number of aryl methyl sites for hydroxylation is 2. The van der Waals surface area contributed by atoms with Crippen molar-refractivity contribution in [3.63, 3.8) is 0 Å². The van der Waals surface area contributed by atoms with Crippen LogP contribution in [0.1, 0.15) is 21.5 Å². The molecular weight excluding hydrogens is 350 g/mol. The highest BCUT2D eigenvalue weighted by Crippen LogP contribution is 2.23. The number of hydrogen-bond acceptors (Lipinski definition) is 3. The summed E-state index contributed by atoms with van der Waals surface area (Å²) in [5.41, 5.74) is 6.22. The van der Waals surface area contributed by atoms with Crippen molar-refractivity contribution in [3.05, 3.63) is 83.7 Å². The van der Waals surface area contributed by atoms with Crippen LogP contribution in [0.4, 0.5) is 5.69 Å². The quantitative estimate of drug-likeness (QED) is 0.556. The van der Waals surface area contributed by atoms with E-state index in [4.69, 9.17) is 9.72 Å². The van der Waals surface area contributed by atoms with Gasteiger partial charge < -0.3 is 14.5 Å². The molecule has 140 valence electrons. The van der Waals surface area contributed by atoms with Crippen LogP contribution in [-0.2, 0) is 0 Å². The van der Waals surface area contributed by atoms with Crippen molar-refractivity contribution in [1.82, 2.24) is 9.38 Å². The highest BCUT2D eigenvalue weighted by Gasteiger charge is 2.11. The Morgan fingerprint density at radius 2 is 1.82 bits per heavy atom. The Balaban J connectivity index is 1.54. The first-order valence-corrected chi connectivity index (χ1v) is 9.06. The zero-order valence-corrected chi connectivity index (χ0v) is 16.1. The van der Waals surface area contributed by atoms with Gasteiger partial charge in [-0.3, -0.25) is 4.79 Å². The van der Waals surface area contributed by atoms with Crippen molar-refractivity contribution in [2.75, 3.05) is 12.4 Å². The second kappa shape index (κ2) is 7.19. The molecule has 2 aromatic heterocycles. The third kappa shape index (κ3) is 3.34. The molecule has 4 aromatic rings. The van der Waals surface area contributed by atoms with Gasteiger partial charge in [0.1, 0.15) is 11.4 Å². The molecule has 2 heterocycles. The van der Waals surface area contributed by atoms with Gasteiger partial charge in [0.05, 0.1) is 12.8 Å². The van der Waals surface area contributed by atoms with E-state index in [2.05, 4.69) is 5.32 Å². The fourth-order valence-electron chi connectivity index (χ4n) is 3.23. The lowest BCUT2D eigenvalue weighted by Gasteiger charge is -2.09. The molecule has 0 aliphatic carbocycles. The summed E-state index contributed by atoms with van der Waals surface area (Å²) in [6.07, 6.45) is 4.00. The van der Waals surface area contributed by atoms with Crippen molar-refractivity contribution in [3.8, 4) is 17.0 Å². The second-order valence-corrected chi connectivity index (χ2v) is 6.76. The number of benzene rings is 2. The smallest absolute Gasteiger partial charge is 0.255 e. The summed E-state index contributed by atoms with van der Waals surface area (Å²) in [5.74, 6) is 0.595. The summed E-state index contributed by atoms with van der Waals surface area (Å²) < 4.78 is 7.21. The summed E-state index contributed by atoms with van der Waals surface area (Å²) in [7, 11) is 1.61. The minimum Gasteiger partial charge on any atom is -0.497 e. The molecule has 0 saturated carbocycles. The van der Waals surface area contributed by atoms with E-state index in [1.165, 1.54) is 0 Å². The Kier molecular flexibility index (Phi) is 4.57. The maximum Gasteiger partial charge on any atom is 0.255 e. The maximum atomic E-state index is 12.6. The molecule has 0 unspecified atom stereocenters. The molecule has 4 rings (SSSR count). The minimum absolute atomic E-state index is 0.142. The van der Waals surface area contributed by atoms with E-state index in [1.807, 2.05) is 73.1 Å². The normalized spacial score (nSPS) is 10.8. The molecule has 0 radical (unpaired) electrons. The van der Waals surface area contributed by atoms with Crippen LogP contribution in [0.3, 0.4) is 0 Å². The predicted molar refractivity (Wildman–Crippen MR) is 111 cm³/mol. The number of aromatic nitrogens is 2. The van der Waals surface area contributed by atoms with E-state index in [-0.39, 0.29) is 5.91 Å². The summed E-state index contributed by atoms with van der Waals surface area (Å²) in [6, 6.07) is 17.2. The van der Waals surface area contributed by atoms with Crippen LogP contribution in [0.2, 0.25) is 0 Å². The number of imidazole rings is 1. The molecule has 2 aromatic carbocycles. The number of rotatable bonds is 4. The number of anilines is 1. The lowest BCUT2D eigenvalue weighted by molar-refractivity contribution is 0.102. The van der Waals surface area contributed by atoms with Crippen LogP contribution in [0.5, 0.6) is 5.75 Å². The average molecular weight is 371 g/mol. The summed E-state index contributed by atoms with van der Waals surface area (Å²) in [6.45, 7) is 3.94. The van der Waals surface area contributed by atoms with E-state index in [0.717, 1.165) is 39.5 Å². The number of pyridine rings is 1. The number of carbonyl (C=O) groups is 1. The molecule has 5 nitrogen and oxygen atoms in total. The van der Waals surface area contributed by atoms with Crippen molar-refractivity contribution < 1.29 is 9.53 Å². The van der Waals surface area contributed by atoms with Crippen LogP contribution in [0.25, 0.3) is 16.9 Å². The zero-order chi connectivity index (χ0) is 19.7. The standard InChI is InChI=1S/C23H21N3O2/c1-15-5-4-12-26-14-21(25-22(15)26)17-6-8-18(9-7-17)24-23(27)20-11-10-19(28-3)13-16(20)2/h4-14H,1-3H3,(H,24,27). The van der Waals surface area contributed by atoms with Gasteiger partial charge >= 0.3 is 0 Å². The lowest BCUT2D eigenvalue weighted by Crippen LogP contribution is -2.13. The van der Waals surface area contributed by atoms with Crippen LogP contribution in [0.15, 0.2) is 67.0 Å². The lowest BCUT2D eigenvalue weighted by atomic mass is 10.1. The number of nitrogens with zero attached hydrogens (tertiary/aromatic N) is 2. The molecule has 1 amide bonds. The minimum atomic E-state index is -0.142. The molecule has 0 saturated heterocycles. The molecular formula is C23H21N3O2. The number of amides is 1. The third-order valence-corrected chi connectivity index (χ3v) is 4.79. The Morgan fingerprint density at radius 1 is 1.04 bits per heavy atom. The monoisotopic (exact) mass is 371 g/mol. The van der Waals surface area contributed by atoms with Crippen LogP contribution in [-0.4, -0.2) is 22.4 Å². The topological polar surface area (TPSA) is 55.6 Å². The predicted octanol–water partition coefficient (Wildman–Crippen LogP) is 4.88. The van der Waals surface area contributed by atoms with Gasteiger partial charge in [-0.25, -0.2) is 4.98 Å². The molecule has 0 aliphatic heterocycles. The average Bonchev–Trinajstić information content (AvgIpc) is 3.14. The number of fused-ring (bicyclic) bond motifs is 1. The summed E-state index contributed by atoms with van der Waals surface area (Å²) in [4.78, 5) is 17.3. The third-order valence-electron chi connectivity index (χ3n) is 4.79. The molecule has 0 spiro atoms. The molecule has 0 atom stereocenters. The van der Waals surface area contributed by atoms with Crippen LogP contribution < -0.4 is 10.1 Å². The Bertz CT molecular complexity index is 1160. The van der Waals surface area contributed by atoms with E-state index < -0.39 is 0 Å². The van der Waals surface area contributed by atoms with E-state index in [1.54, 1.807) is 19.2 Å². The van der Waals surface area contributed by atoms with Gasteiger partial charge in [-0.2, -0.15) is 0 Å². The maximum absolute atomic E-state index is 12.6. The number of methoxy groups -OCH3 is 1. The van der Waals surface area contributed by atoms with E-state index in [9.17, 15) is 4.79 Å². The van der Waals surface area contributed by atoms with Gasteiger partial charge in [0.25, 0.3) is 5.91 Å². The molecule has 28 heavy (non-hydrogen) atoms. The van der Waals surface area contributed by atoms with Gasteiger partial charge in [0, 0.05) is 29.2 Å². The van der Waals surface area contributed by atoms with Crippen molar-refractivity contribution in [2.45, 2.75) is 13.8 Å². The van der Waals surface area contributed by atoms with Crippen molar-refractivity contribution in [2.24, 2.45) is 0 Å². The van der Waals surface area contributed by atoms with Gasteiger partial charge in [-0.1, -0.05) is 18.2 Å². The summed E-state index contributed by atoms with van der Waals surface area (Å²) >= 11 is 0. The molecule has 1 N–H and O–H groups in total. The van der Waals surface area contributed by atoms with Crippen LogP contribution in [0, 0.1) is 13.8 Å². The Morgan fingerprint density at radius 3 is 2.50 bits per heavy atom. The fraction of sp³-hybridized carbons (Fsp3) is 0.130. The van der Waals surface area contributed by atoms with E-state index >= 15 is 0 Å². The molecule has 0 aliphatic rings. The van der Waals surface area contributed by atoms with Gasteiger partial charge in [-0.15, -0.1) is 0 Å². The first-order chi connectivity index (χ1) is 13.5. The van der Waals surface area contributed by atoms with E-state index in [0.29, 0.717) is 5.56 Å².